The average Bonchev–Trinajstić information content (AvgIpc) is 2.97. The molecule has 0 spiro atoms. The first kappa shape index (κ1) is 16.7. The molecule has 1 saturated carbocycles. The third-order valence-electron chi connectivity index (χ3n) is 5.15. The third-order valence-corrected chi connectivity index (χ3v) is 5.15. The number of nitrogens with zero attached hydrogens (tertiary/aromatic N) is 2. The van der Waals surface area contributed by atoms with E-state index < -0.39 is 11.9 Å². The van der Waals surface area contributed by atoms with Crippen LogP contribution in [0, 0.1) is 5.92 Å². The van der Waals surface area contributed by atoms with Crippen molar-refractivity contribution in [3.8, 4) is 5.88 Å². The Morgan fingerprint density at radius 1 is 1.25 bits per heavy atom. The lowest BCUT2D eigenvalue weighted by molar-refractivity contribution is -0.142. The Morgan fingerprint density at radius 3 is 2.67 bits per heavy atom. The second kappa shape index (κ2) is 7.20. The van der Waals surface area contributed by atoms with Crippen molar-refractivity contribution in [2.75, 3.05) is 6.54 Å². The number of carbonyl (C=O) groups excluding carboxylic acids is 1. The molecule has 2 atom stereocenters. The summed E-state index contributed by atoms with van der Waals surface area (Å²) in [6, 6.07) is 3.04. The van der Waals surface area contributed by atoms with Gasteiger partial charge in [0.05, 0.1) is 5.92 Å². The Labute approximate surface area is 141 Å². The van der Waals surface area contributed by atoms with E-state index in [-0.39, 0.29) is 18.1 Å². The van der Waals surface area contributed by atoms with Crippen molar-refractivity contribution in [2.24, 2.45) is 5.92 Å². The van der Waals surface area contributed by atoms with Crippen LogP contribution in [0.2, 0.25) is 0 Å². The first-order valence-electron chi connectivity index (χ1n) is 8.72. The summed E-state index contributed by atoms with van der Waals surface area (Å²) in [5, 5.41) is 9.21. The molecule has 2 aliphatic rings. The van der Waals surface area contributed by atoms with Crippen LogP contribution in [-0.2, 0) is 4.79 Å². The van der Waals surface area contributed by atoms with Crippen LogP contribution in [0.3, 0.4) is 0 Å². The molecule has 1 amide bonds. The SMILES string of the molecule is CC1C(C(=O)O)CCN1C(=O)c1ccnc(OC2CCCCC2)c1. The highest BCUT2D eigenvalue weighted by Gasteiger charge is 2.38. The number of hydrogen-bond donors (Lipinski definition) is 1. The van der Waals surface area contributed by atoms with Gasteiger partial charge in [0, 0.05) is 30.4 Å². The quantitative estimate of drug-likeness (QED) is 0.917. The number of pyridine rings is 1. The number of ether oxygens (including phenoxy) is 1. The van der Waals surface area contributed by atoms with Gasteiger partial charge in [-0.2, -0.15) is 0 Å². The molecule has 1 aliphatic heterocycles. The van der Waals surface area contributed by atoms with Gasteiger partial charge in [-0.15, -0.1) is 0 Å². The predicted octanol–water partition coefficient (Wildman–Crippen LogP) is 2.73. The molecule has 2 fully saturated rings. The number of aliphatic carboxylic acids is 1. The monoisotopic (exact) mass is 332 g/mol. The number of carboxylic acid groups (broad SMARTS) is 1. The van der Waals surface area contributed by atoms with E-state index in [0.717, 1.165) is 12.8 Å². The number of carboxylic acids is 1. The summed E-state index contributed by atoms with van der Waals surface area (Å²) in [7, 11) is 0. The summed E-state index contributed by atoms with van der Waals surface area (Å²) in [6.45, 7) is 2.27. The number of likely N-dealkylation sites (tertiary alicyclic amines) is 1. The molecule has 1 saturated heterocycles. The zero-order valence-corrected chi connectivity index (χ0v) is 14.0. The van der Waals surface area contributed by atoms with Gasteiger partial charge >= 0.3 is 5.97 Å². The molecule has 6 nitrogen and oxygen atoms in total. The smallest absolute Gasteiger partial charge is 0.308 e. The lowest BCUT2D eigenvalue weighted by atomic mass is 9.98. The number of aromatic nitrogens is 1. The maximum absolute atomic E-state index is 12.7. The minimum atomic E-state index is -0.839. The number of hydrogen-bond acceptors (Lipinski definition) is 4. The van der Waals surface area contributed by atoms with Gasteiger partial charge in [0.1, 0.15) is 6.10 Å². The van der Waals surface area contributed by atoms with Crippen LogP contribution in [-0.4, -0.2) is 45.6 Å². The first-order chi connectivity index (χ1) is 11.6. The molecular weight excluding hydrogens is 308 g/mol. The van der Waals surface area contributed by atoms with E-state index >= 15 is 0 Å². The maximum Gasteiger partial charge on any atom is 0.308 e. The minimum absolute atomic E-state index is 0.151. The molecular formula is C18H24N2O4. The van der Waals surface area contributed by atoms with Gasteiger partial charge < -0.3 is 14.7 Å². The van der Waals surface area contributed by atoms with Crippen molar-refractivity contribution in [3.63, 3.8) is 0 Å². The molecule has 6 heteroatoms. The van der Waals surface area contributed by atoms with Crippen LogP contribution in [0.5, 0.6) is 5.88 Å². The van der Waals surface area contributed by atoms with Gasteiger partial charge in [0.15, 0.2) is 0 Å². The average molecular weight is 332 g/mol. The number of amides is 1. The van der Waals surface area contributed by atoms with Crippen LogP contribution in [0.4, 0.5) is 0 Å². The second-order valence-corrected chi connectivity index (χ2v) is 6.73. The standard InChI is InChI=1S/C18H24N2O4/c1-12-15(18(22)23)8-10-20(12)17(21)13-7-9-19-16(11-13)24-14-5-3-2-4-6-14/h7,9,11-12,14-15H,2-6,8,10H2,1H3,(H,22,23). The highest BCUT2D eigenvalue weighted by molar-refractivity contribution is 5.95. The fourth-order valence-electron chi connectivity index (χ4n) is 3.68. The molecule has 2 unspecified atom stereocenters. The summed E-state index contributed by atoms with van der Waals surface area (Å²) in [4.78, 5) is 29.8. The van der Waals surface area contributed by atoms with Crippen molar-refractivity contribution in [3.05, 3.63) is 23.9 Å². The van der Waals surface area contributed by atoms with Crippen LogP contribution >= 0.6 is 0 Å². The van der Waals surface area contributed by atoms with Crippen LogP contribution in [0.15, 0.2) is 18.3 Å². The summed E-state index contributed by atoms with van der Waals surface area (Å²) in [5.41, 5.74) is 0.508. The molecule has 1 aliphatic carbocycles. The molecule has 1 N–H and O–H groups in total. The lowest BCUT2D eigenvalue weighted by Gasteiger charge is -2.24. The topological polar surface area (TPSA) is 79.7 Å². The van der Waals surface area contributed by atoms with Gasteiger partial charge in [-0.3, -0.25) is 9.59 Å². The van der Waals surface area contributed by atoms with Crippen molar-refractivity contribution < 1.29 is 19.4 Å². The van der Waals surface area contributed by atoms with Crippen molar-refractivity contribution >= 4 is 11.9 Å². The van der Waals surface area contributed by atoms with E-state index in [1.165, 1.54) is 19.3 Å². The number of rotatable bonds is 4. The van der Waals surface area contributed by atoms with Gasteiger partial charge in [0.25, 0.3) is 5.91 Å². The zero-order valence-electron chi connectivity index (χ0n) is 14.0. The molecule has 0 aromatic carbocycles. The Kier molecular flexibility index (Phi) is 5.02. The van der Waals surface area contributed by atoms with E-state index in [1.54, 1.807) is 30.2 Å². The van der Waals surface area contributed by atoms with Crippen LogP contribution in [0.1, 0.15) is 55.8 Å². The molecule has 1 aromatic rings. The van der Waals surface area contributed by atoms with Crippen molar-refractivity contribution in [1.82, 2.24) is 9.88 Å². The molecule has 24 heavy (non-hydrogen) atoms. The van der Waals surface area contributed by atoms with E-state index in [4.69, 9.17) is 4.74 Å². The fourth-order valence-corrected chi connectivity index (χ4v) is 3.68. The lowest BCUT2D eigenvalue weighted by Crippen LogP contribution is -2.37. The number of carbonyl (C=O) groups is 2. The predicted molar refractivity (Wildman–Crippen MR) is 88.0 cm³/mol. The fraction of sp³-hybridized carbons (Fsp3) is 0.611. The minimum Gasteiger partial charge on any atom is -0.481 e. The van der Waals surface area contributed by atoms with Crippen LogP contribution in [0.25, 0.3) is 0 Å². The summed E-state index contributed by atoms with van der Waals surface area (Å²) in [6.07, 6.45) is 7.92. The molecule has 1 aromatic heterocycles. The van der Waals surface area contributed by atoms with Crippen molar-refractivity contribution in [2.45, 2.75) is 57.6 Å². The second-order valence-electron chi connectivity index (χ2n) is 6.73. The van der Waals surface area contributed by atoms with Crippen molar-refractivity contribution in [1.29, 1.82) is 0 Å². The first-order valence-corrected chi connectivity index (χ1v) is 8.72. The third kappa shape index (κ3) is 3.52. The Hall–Kier alpha value is -2.11. The highest BCUT2D eigenvalue weighted by atomic mass is 16.5. The Bertz CT molecular complexity index is 613. The maximum atomic E-state index is 12.7. The summed E-state index contributed by atoms with van der Waals surface area (Å²) < 4.78 is 5.92. The van der Waals surface area contributed by atoms with E-state index in [0.29, 0.717) is 24.4 Å². The highest BCUT2D eigenvalue weighted by Crippen LogP contribution is 2.27. The van der Waals surface area contributed by atoms with E-state index in [1.807, 2.05) is 0 Å². The van der Waals surface area contributed by atoms with Gasteiger partial charge in [0.2, 0.25) is 5.88 Å². The van der Waals surface area contributed by atoms with Crippen LogP contribution < -0.4 is 4.74 Å². The Balaban J connectivity index is 1.69. The molecule has 0 radical (unpaired) electrons. The molecule has 130 valence electrons. The molecule has 2 heterocycles. The zero-order chi connectivity index (χ0) is 17.1. The van der Waals surface area contributed by atoms with Gasteiger partial charge in [-0.1, -0.05) is 6.42 Å². The normalized spacial score (nSPS) is 24.8. The Morgan fingerprint density at radius 2 is 2.00 bits per heavy atom. The molecule has 0 bridgehead atoms. The molecule has 3 rings (SSSR count). The van der Waals surface area contributed by atoms with Gasteiger partial charge in [-0.25, -0.2) is 4.98 Å². The summed E-state index contributed by atoms with van der Waals surface area (Å²) >= 11 is 0. The van der Waals surface area contributed by atoms with E-state index in [9.17, 15) is 14.7 Å². The van der Waals surface area contributed by atoms with Gasteiger partial charge in [-0.05, 0) is 45.1 Å². The largest absolute Gasteiger partial charge is 0.481 e. The van der Waals surface area contributed by atoms with E-state index in [2.05, 4.69) is 4.98 Å². The summed E-state index contributed by atoms with van der Waals surface area (Å²) in [5.74, 6) is -1.00.